The Morgan fingerprint density at radius 2 is 2.12 bits per heavy atom. The van der Waals surface area contributed by atoms with Gasteiger partial charge in [0.1, 0.15) is 12.2 Å². The Morgan fingerprint density at radius 1 is 1.38 bits per heavy atom. The molecule has 3 aliphatic heterocycles. The van der Waals surface area contributed by atoms with E-state index in [9.17, 15) is 14.7 Å². The second kappa shape index (κ2) is 5.39. The number of aliphatic hydroxyl groups is 1. The molecule has 4 atom stereocenters. The molecule has 0 aromatic rings. The van der Waals surface area contributed by atoms with Crippen LogP contribution in [0.15, 0.2) is 12.3 Å². The highest BCUT2D eigenvalue weighted by molar-refractivity contribution is 6.06. The van der Waals surface area contributed by atoms with Gasteiger partial charge in [-0.25, -0.2) is 0 Å². The van der Waals surface area contributed by atoms with Crippen molar-refractivity contribution in [2.75, 3.05) is 6.61 Å². The van der Waals surface area contributed by atoms with Crippen molar-refractivity contribution < 1.29 is 28.9 Å². The molecule has 0 aromatic heterocycles. The first-order chi connectivity index (χ1) is 11.5. The van der Waals surface area contributed by atoms with Crippen molar-refractivity contribution in [2.45, 2.75) is 61.9 Å². The fourth-order valence-electron chi connectivity index (χ4n) is 4.07. The first kappa shape index (κ1) is 15.8. The lowest BCUT2D eigenvalue weighted by atomic mass is 9.94. The monoisotopic (exact) mass is 333 g/mol. The van der Waals surface area contributed by atoms with Crippen molar-refractivity contribution in [1.82, 2.24) is 4.90 Å². The van der Waals surface area contributed by atoms with Gasteiger partial charge in [-0.05, 0) is 18.9 Å². The van der Waals surface area contributed by atoms with E-state index in [0.717, 1.165) is 25.7 Å². The van der Waals surface area contributed by atoms with Crippen molar-refractivity contribution >= 4 is 11.7 Å². The third-order valence-corrected chi connectivity index (χ3v) is 5.19. The quantitative estimate of drug-likeness (QED) is 0.569. The number of terminal acetylenes is 1. The van der Waals surface area contributed by atoms with E-state index in [2.05, 4.69) is 5.92 Å². The van der Waals surface area contributed by atoms with Gasteiger partial charge >= 0.3 is 0 Å². The number of aliphatic hydroxyl groups excluding tert-OH is 1. The van der Waals surface area contributed by atoms with Crippen molar-refractivity contribution in [3.05, 3.63) is 12.3 Å². The summed E-state index contributed by atoms with van der Waals surface area (Å²) in [5, 5.41) is 9.67. The zero-order valence-electron chi connectivity index (χ0n) is 13.1. The molecule has 3 heterocycles. The van der Waals surface area contributed by atoms with E-state index in [1.54, 1.807) is 0 Å². The smallest absolute Gasteiger partial charge is 0.236 e. The van der Waals surface area contributed by atoms with Crippen LogP contribution in [0, 0.1) is 12.3 Å². The lowest BCUT2D eigenvalue weighted by Crippen LogP contribution is -2.54. The molecule has 7 heteroatoms. The minimum absolute atomic E-state index is 0.239. The number of ketones is 1. The molecule has 1 N–H and O–H groups in total. The summed E-state index contributed by atoms with van der Waals surface area (Å²) >= 11 is 0. The first-order valence-corrected chi connectivity index (χ1v) is 8.18. The van der Waals surface area contributed by atoms with Crippen LogP contribution < -0.4 is 0 Å². The maximum atomic E-state index is 12.3. The summed E-state index contributed by atoms with van der Waals surface area (Å²) in [5.41, 5.74) is -1.29. The topological polar surface area (TPSA) is 85.3 Å². The van der Waals surface area contributed by atoms with Crippen LogP contribution in [0.25, 0.3) is 0 Å². The van der Waals surface area contributed by atoms with Crippen LogP contribution in [0.5, 0.6) is 0 Å². The number of nitrogens with zero attached hydrogens (tertiary/aromatic N) is 1. The molecule has 4 aliphatic rings. The van der Waals surface area contributed by atoms with Gasteiger partial charge in [-0.15, -0.1) is 6.42 Å². The molecule has 0 aromatic carbocycles. The van der Waals surface area contributed by atoms with Crippen molar-refractivity contribution in [3.63, 3.8) is 0 Å². The zero-order valence-corrected chi connectivity index (χ0v) is 13.1. The second-order valence-electron chi connectivity index (χ2n) is 6.67. The standard InChI is InChI=1S/C17H19NO6/c1-2-17-14(23-16(24-17)6-3-4-7-16)12(10-19)22-15(17)18-8-5-11(20)9-13(18)21/h1,5,8,12,14-15,19H,3-4,6-7,9-10H2/t12-,14-,15-,17-/m1/s1. The number of ether oxygens (including phenoxy) is 3. The van der Waals surface area contributed by atoms with Gasteiger partial charge in [-0.2, -0.15) is 0 Å². The minimum atomic E-state index is -1.29. The highest BCUT2D eigenvalue weighted by Gasteiger charge is 2.69. The summed E-state index contributed by atoms with van der Waals surface area (Å²) in [5.74, 6) is 1.19. The summed E-state index contributed by atoms with van der Waals surface area (Å²) in [7, 11) is 0. The van der Waals surface area contributed by atoms with Gasteiger partial charge in [0.05, 0.1) is 13.0 Å². The van der Waals surface area contributed by atoms with Crippen molar-refractivity contribution in [2.24, 2.45) is 0 Å². The highest BCUT2D eigenvalue weighted by atomic mass is 16.8. The predicted molar refractivity (Wildman–Crippen MR) is 80.1 cm³/mol. The summed E-state index contributed by atoms with van der Waals surface area (Å²) in [6.07, 6.45) is 9.36. The molecule has 7 nitrogen and oxygen atoms in total. The molecule has 128 valence electrons. The Labute approximate surface area is 139 Å². The Morgan fingerprint density at radius 3 is 2.75 bits per heavy atom. The van der Waals surface area contributed by atoms with Gasteiger partial charge in [-0.1, -0.05) is 5.92 Å². The molecular formula is C17H19NO6. The summed E-state index contributed by atoms with van der Waals surface area (Å²) in [4.78, 5) is 25.0. The summed E-state index contributed by atoms with van der Waals surface area (Å²) in [6.45, 7) is -0.297. The fraction of sp³-hybridized carbons (Fsp3) is 0.647. The number of hydrogen-bond donors (Lipinski definition) is 1. The van der Waals surface area contributed by atoms with E-state index in [4.69, 9.17) is 20.6 Å². The normalized spacial score (nSPS) is 40.3. The number of hydrogen-bond acceptors (Lipinski definition) is 6. The molecule has 0 bridgehead atoms. The van der Waals surface area contributed by atoms with Crippen molar-refractivity contribution in [1.29, 1.82) is 0 Å². The Kier molecular flexibility index (Phi) is 3.55. The number of rotatable bonds is 2. The molecule has 0 radical (unpaired) electrons. The van der Waals surface area contributed by atoms with Gasteiger partial charge in [0.2, 0.25) is 11.5 Å². The third-order valence-electron chi connectivity index (χ3n) is 5.19. The molecule has 1 aliphatic carbocycles. The van der Waals surface area contributed by atoms with E-state index < -0.39 is 35.7 Å². The molecule has 4 rings (SSSR count). The van der Waals surface area contributed by atoms with Crippen LogP contribution in [-0.4, -0.2) is 58.1 Å². The number of fused-ring (bicyclic) bond motifs is 1. The molecule has 0 unspecified atom stereocenters. The van der Waals surface area contributed by atoms with Crippen molar-refractivity contribution in [3.8, 4) is 12.3 Å². The second-order valence-corrected chi connectivity index (χ2v) is 6.67. The lowest BCUT2D eigenvalue weighted by Gasteiger charge is -2.36. The number of amides is 1. The van der Waals surface area contributed by atoms with Crippen LogP contribution in [0.3, 0.4) is 0 Å². The zero-order chi connectivity index (χ0) is 16.9. The van der Waals surface area contributed by atoms with Crippen LogP contribution in [0.2, 0.25) is 0 Å². The van der Waals surface area contributed by atoms with E-state index in [1.165, 1.54) is 17.2 Å². The molecule has 1 spiro atoms. The van der Waals surface area contributed by atoms with E-state index in [-0.39, 0.29) is 18.8 Å². The summed E-state index contributed by atoms with van der Waals surface area (Å²) in [6, 6.07) is 0. The largest absolute Gasteiger partial charge is 0.394 e. The van der Waals surface area contributed by atoms with Gasteiger partial charge in [0, 0.05) is 19.0 Å². The average Bonchev–Trinajstić information content (AvgIpc) is 3.22. The van der Waals surface area contributed by atoms with Gasteiger partial charge < -0.3 is 19.3 Å². The summed E-state index contributed by atoms with van der Waals surface area (Å²) < 4.78 is 18.2. The maximum absolute atomic E-state index is 12.3. The Hall–Kier alpha value is -1.72. The number of carbonyl (C=O) groups is 2. The molecule has 24 heavy (non-hydrogen) atoms. The average molecular weight is 333 g/mol. The van der Waals surface area contributed by atoms with Gasteiger partial charge in [0.15, 0.2) is 17.8 Å². The highest BCUT2D eigenvalue weighted by Crippen LogP contribution is 2.53. The molecular weight excluding hydrogens is 314 g/mol. The molecule has 2 saturated heterocycles. The molecule has 1 saturated carbocycles. The third kappa shape index (κ3) is 2.07. The van der Waals surface area contributed by atoms with Crippen LogP contribution in [0.1, 0.15) is 32.1 Å². The van der Waals surface area contributed by atoms with E-state index in [1.807, 2.05) is 0 Å². The first-order valence-electron chi connectivity index (χ1n) is 8.18. The van der Waals surface area contributed by atoms with E-state index in [0.29, 0.717) is 0 Å². The van der Waals surface area contributed by atoms with Gasteiger partial charge in [0.25, 0.3) is 0 Å². The van der Waals surface area contributed by atoms with Crippen LogP contribution in [0.4, 0.5) is 0 Å². The molecule has 3 fully saturated rings. The van der Waals surface area contributed by atoms with Crippen LogP contribution in [-0.2, 0) is 23.8 Å². The maximum Gasteiger partial charge on any atom is 0.236 e. The Balaban J connectivity index is 1.72. The SMILES string of the molecule is C#C[C@@]12OC3(CCCC3)O[C@@H]1[C@@H](CO)O[C@H]2N1C=CC(=O)CC1=O. The number of carbonyl (C=O) groups excluding carboxylic acids is 2. The number of allylic oxidation sites excluding steroid dienone is 1. The van der Waals surface area contributed by atoms with Crippen LogP contribution >= 0.6 is 0 Å². The molecule has 1 amide bonds. The van der Waals surface area contributed by atoms with Gasteiger partial charge in [-0.3, -0.25) is 14.5 Å². The fourth-order valence-corrected chi connectivity index (χ4v) is 4.07. The van der Waals surface area contributed by atoms with E-state index >= 15 is 0 Å². The predicted octanol–water partition coefficient (Wildman–Crippen LogP) is 0.0764. The minimum Gasteiger partial charge on any atom is -0.394 e. The lowest BCUT2D eigenvalue weighted by molar-refractivity contribution is -0.230. The Bertz CT molecular complexity index is 646.